The van der Waals surface area contributed by atoms with Gasteiger partial charge in [0.1, 0.15) is 0 Å². The Hall–Kier alpha value is -0.780. The molecule has 0 heterocycles. The molecule has 0 bridgehead atoms. The van der Waals surface area contributed by atoms with Gasteiger partial charge in [-0.25, -0.2) is 0 Å². The van der Waals surface area contributed by atoms with Crippen molar-refractivity contribution in [3.05, 3.63) is 41.3 Å². The molecule has 1 aromatic rings. The molecule has 1 fully saturated rings. The molecule has 1 saturated carbocycles. The summed E-state index contributed by atoms with van der Waals surface area (Å²) < 4.78 is 0. The van der Waals surface area contributed by atoms with E-state index in [-0.39, 0.29) is 0 Å². The van der Waals surface area contributed by atoms with Crippen molar-refractivity contribution in [2.75, 3.05) is 0 Å². The van der Waals surface area contributed by atoms with E-state index in [1.54, 1.807) is 5.92 Å². The zero-order chi connectivity index (χ0) is 7.68. The second-order valence-corrected chi connectivity index (χ2v) is 3.15. The second-order valence-electron chi connectivity index (χ2n) is 3.15. The highest BCUT2D eigenvalue weighted by molar-refractivity contribution is 5.38. The fraction of sp³-hybridized carbons (Fsp3) is 0.364. The van der Waals surface area contributed by atoms with E-state index in [4.69, 9.17) is 0 Å². The molecule has 1 aliphatic carbocycles. The first kappa shape index (κ1) is 6.90. The van der Waals surface area contributed by atoms with Crippen LogP contribution in [-0.2, 0) is 6.42 Å². The van der Waals surface area contributed by atoms with Crippen molar-refractivity contribution >= 4 is 0 Å². The lowest BCUT2D eigenvalue weighted by Gasteiger charge is -1.98. The first-order valence-corrected chi connectivity index (χ1v) is 4.34. The molecule has 1 aliphatic rings. The van der Waals surface area contributed by atoms with Gasteiger partial charge in [-0.15, -0.1) is 0 Å². The van der Waals surface area contributed by atoms with Crippen molar-refractivity contribution in [2.24, 2.45) is 0 Å². The van der Waals surface area contributed by atoms with Gasteiger partial charge in [0.05, 0.1) is 0 Å². The number of rotatable bonds is 2. The van der Waals surface area contributed by atoms with Gasteiger partial charge in [0.2, 0.25) is 0 Å². The maximum Gasteiger partial charge on any atom is 0.00504 e. The number of hydrogen-bond acceptors (Lipinski definition) is 0. The SMILES string of the molecule is CCc1ccc([C]2CC2)cc1. The summed E-state index contributed by atoms with van der Waals surface area (Å²) in [6.07, 6.45) is 3.80. The predicted molar refractivity (Wildman–Crippen MR) is 47.4 cm³/mol. The average molecular weight is 145 g/mol. The van der Waals surface area contributed by atoms with Gasteiger partial charge in [-0.05, 0) is 30.4 Å². The van der Waals surface area contributed by atoms with Gasteiger partial charge in [0.25, 0.3) is 0 Å². The molecule has 0 heteroatoms. The Morgan fingerprint density at radius 1 is 1.09 bits per heavy atom. The van der Waals surface area contributed by atoms with Gasteiger partial charge in [-0.1, -0.05) is 31.2 Å². The molecule has 11 heavy (non-hydrogen) atoms. The van der Waals surface area contributed by atoms with Crippen molar-refractivity contribution in [1.29, 1.82) is 0 Å². The zero-order valence-corrected chi connectivity index (χ0v) is 6.93. The Bertz CT molecular complexity index is 229. The Morgan fingerprint density at radius 3 is 2.18 bits per heavy atom. The molecule has 2 rings (SSSR count). The summed E-state index contributed by atoms with van der Waals surface area (Å²) in [5.41, 5.74) is 2.90. The van der Waals surface area contributed by atoms with Crippen molar-refractivity contribution < 1.29 is 0 Å². The molecular weight excluding hydrogens is 132 g/mol. The summed E-state index contributed by atoms with van der Waals surface area (Å²) in [6, 6.07) is 8.98. The van der Waals surface area contributed by atoms with Crippen LogP contribution >= 0.6 is 0 Å². The summed E-state index contributed by atoms with van der Waals surface area (Å²) >= 11 is 0. The van der Waals surface area contributed by atoms with Gasteiger partial charge in [0, 0.05) is 5.92 Å². The standard InChI is InChI=1S/C11H13/c1-2-9-3-5-10(6-4-9)11-7-8-11/h3-6H,2,7-8H2,1H3. The van der Waals surface area contributed by atoms with Crippen LogP contribution in [0.4, 0.5) is 0 Å². The maximum atomic E-state index is 2.25. The summed E-state index contributed by atoms with van der Waals surface area (Å²) in [5.74, 6) is 1.63. The minimum atomic E-state index is 1.15. The molecule has 0 spiro atoms. The molecule has 0 atom stereocenters. The first-order chi connectivity index (χ1) is 5.40. The van der Waals surface area contributed by atoms with E-state index in [0.29, 0.717) is 0 Å². The topological polar surface area (TPSA) is 0 Å². The van der Waals surface area contributed by atoms with Gasteiger partial charge >= 0.3 is 0 Å². The molecule has 57 valence electrons. The fourth-order valence-corrected chi connectivity index (χ4v) is 1.33. The summed E-state index contributed by atoms with van der Waals surface area (Å²) in [5, 5.41) is 0. The third-order valence-electron chi connectivity index (χ3n) is 2.27. The molecule has 1 radical (unpaired) electrons. The van der Waals surface area contributed by atoms with Crippen molar-refractivity contribution in [3.63, 3.8) is 0 Å². The van der Waals surface area contributed by atoms with E-state index >= 15 is 0 Å². The first-order valence-electron chi connectivity index (χ1n) is 4.34. The normalized spacial score (nSPS) is 16.8. The molecular formula is C11H13. The monoisotopic (exact) mass is 145 g/mol. The van der Waals surface area contributed by atoms with Crippen molar-refractivity contribution in [2.45, 2.75) is 26.2 Å². The highest BCUT2D eigenvalue weighted by atomic mass is 14.3. The van der Waals surface area contributed by atoms with Gasteiger partial charge in [-0.2, -0.15) is 0 Å². The van der Waals surface area contributed by atoms with Gasteiger partial charge < -0.3 is 0 Å². The Morgan fingerprint density at radius 2 is 1.73 bits per heavy atom. The third kappa shape index (κ3) is 1.45. The van der Waals surface area contributed by atoms with Crippen molar-refractivity contribution in [1.82, 2.24) is 0 Å². The van der Waals surface area contributed by atoms with E-state index in [9.17, 15) is 0 Å². The van der Waals surface area contributed by atoms with Crippen LogP contribution < -0.4 is 0 Å². The minimum absolute atomic E-state index is 1.15. The van der Waals surface area contributed by atoms with E-state index in [0.717, 1.165) is 6.42 Å². The van der Waals surface area contributed by atoms with Crippen LogP contribution in [0.25, 0.3) is 0 Å². The molecule has 0 saturated heterocycles. The number of hydrogen-bond donors (Lipinski definition) is 0. The van der Waals surface area contributed by atoms with Crippen LogP contribution in [0.15, 0.2) is 24.3 Å². The summed E-state index contributed by atoms with van der Waals surface area (Å²) in [4.78, 5) is 0. The Balaban J connectivity index is 2.19. The van der Waals surface area contributed by atoms with E-state index in [1.807, 2.05) is 0 Å². The fourth-order valence-electron chi connectivity index (χ4n) is 1.33. The Labute approximate surface area is 68.3 Å². The summed E-state index contributed by atoms with van der Waals surface area (Å²) in [6.45, 7) is 2.19. The van der Waals surface area contributed by atoms with Crippen LogP contribution in [0.2, 0.25) is 0 Å². The van der Waals surface area contributed by atoms with E-state index in [1.165, 1.54) is 24.0 Å². The van der Waals surface area contributed by atoms with Crippen LogP contribution in [0.1, 0.15) is 30.9 Å². The highest BCUT2D eigenvalue weighted by Crippen LogP contribution is 2.38. The van der Waals surface area contributed by atoms with Crippen molar-refractivity contribution in [3.8, 4) is 0 Å². The average Bonchev–Trinajstić information content (AvgIpc) is 2.87. The quantitative estimate of drug-likeness (QED) is 0.600. The third-order valence-corrected chi connectivity index (χ3v) is 2.27. The molecule has 0 aliphatic heterocycles. The lowest BCUT2D eigenvalue weighted by molar-refractivity contribution is 1.13. The predicted octanol–water partition coefficient (Wildman–Crippen LogP) is 2.97. The molecule has 0 aromatic heterocycles. The number of aryl methyl sites for hydroxylation is 1. The van der Waals surface area contributed by atoms with E-state index < -0.39 is 0 Å². The van der Waals surface area contributed by atoms with Gasteiger partial charge in [-0.3, -0.25) is 0 Å². The molecule has 0 amide bonds. The largest absolute Gasteiger partial charge is 0.0613 e. The van der Waals surface area contributed by atoms with Crippen LogP contribution in [0.3, 0.4) is 0 Å². The molecule has 1 aromatic carbocycles. The number of benzene rings is 1. The highest BCUT2D eigenvalue weighted by Gasteiger charge is 2.23. The minimum Gasteiger partial charge on any atom is -0.0613 e. The Kier molecular flexibility index (Phi) is 1.69. The lowest BCUT2D eigenvalue weighted by atomic mass is 10.1. The lowest BCUT2D eigenvalue weighted by Crippen LogP contribution is -1.82. The van der Waals surface area contributed by atoms with E-state index in [2.05, 4.69) is 31.2 Å². The van der Waals surface area contributed by atoms with Crippen LogP contribution in [-0.4, -0.2) is 0 Å². The molecule has 0 N–H and O–H groups in total. The second kappa shape index (κ2) is 2.69. The van der Waals surface area contributed by atoms with Crippen LogP contribution in [0.5, 0.6) is 0 Å². The maximum absolute atomic E-state index is 2.25. The summed E-state index contributed by atoms with van der Waals surface area (Å²) in [7, 11) is 0. The zero-order valence-electron chi connectivity index (χ0n) is 6.93. The van der Waals surface area contributed by atoms with Gasteiger partial charge in [0.15, 0.2) is 0 Å². The molecule has 0 unspecified atom stereocenters. The smallest absolute Gasteiger partial charge is 0.00504 e. The molecule has 0 nitrogen and oxygen atoms in total. The van der Waals surface area contributed by atoms with Crippen LogP contribution in [0, 0.1) is 5.92 Å².